The molecule has 7 heteroatoms. The fraction of sp³-hybridized carbons (Fsp3) is 0.176. The predicted molar refractivity (Wildman–Crippen MR) is 167 cm³/mol. The molecule has 1 N–H and O–H groups in total. The summed E-state index contributed by atoms with van der Waals surface area (Å²) in [6.45, 7) is 6.36. The van der Waals surface area contributed by atoms with Crippen LogP contribution in [0.4, 0.5) is 5.69 Å². The summed E-state index contributed by atoms with van der Waals surface area (Å²) in [7, 11) is 1.69. The van der Waals surface area contributed by atoms with Gasteiger partial charge in [0, 0.05) is 35.0 Å². The van der Waals surface area contributed by atoms with Gasteiger partial charge in [0.1, 0.15) is 17.2 Å². The molecule has 2 aromatic heterocycles. The average Bonchev–Trinajstić information content (AvgIpc) is 3.49. The van der Waals surface area contributed by atoms with Crippen molar-refractivity contribution in [1.82, 2.24) is 14.9 Å². The van der Waals surface area contributed by atoms with E-state index in [0.717, 1.165) is 45.7 Å². The monoisotopic (exact) mass is 560 g/mol. The first-order valence-corrected chi connectivity index (χ1v) is 14.0. The van der Waals surface area contributed by atoms with E-state index in [4.69, 9.17) is 26.7 Å². The molecule has 0 unspecified atom stereocenters. The maximum atomic E-state index is 6.10. The van der Waals surface area contributed by atoms with Gasteiger partial charge in [-0.2, -0.15) is 0 Å². The molecule has 0 bridgehead atoms. The van der Waals surface area contributed by atoms with E-state index < -0.39 is 0 Å². The van der Waals surface area contributed by atoms with Crippen LogP contribution in [0.2, 0.25) is 0 Å². The highest BCUT2D eigenvalue weighted by atomic mass is 32.1. The predicted octanol–water partition coefficient (Wildman–Crippen LogP) is 7.78. The van der Waals surface area contributed by atoms with Gasteiger partial charge in [-0.05, 0) is 105 Å². The van der Waals surface area contributed by atoms with E-state index in [1.807, 2.05) is 66.9 Å². The third-order valence-corrected chi connectivity index (χ3v) is 7.88. The summed E-state index contributed by atoms with van der Waals surface area (Å²) < 4.78 is 13.9. The number of aryl methyl sites for hydroxylation is 2. The van der Waals surface area contributed by atoms with Crippen molar-refractivity contribution in [1.29, 1.82) is 0 Å². The zero-order valence-electron chi connectivity index (χ0n) is 23.5. The van der Waals surface area contributed by atoms with Crippen molar-refractivity contribution < 1.29 is 9.47 Å². The molecule has 0 amide bonds. The minimum atomic E-state index is -0.133. The minimum Gasteiger partial charge on any atom is -0.497 e. The second-order valence-corrected chi connectivity index (χ2v) is 10.7. The molecule has 0 aliphatic carbocycles. The van der Waals surface area contributed by atoms with Crippen LogP contribution < -0.4 is 19.7 Å². The largest absolute Gasteiger partial charge is 0.497 e. The fourth-order valence-electron chi connectivity index (χ4n) is 5.60. The lowest BCUT2D eigenvalue weighted by Crippen LogP contribution is -2.29. The van der Waals surface area contributed by atoms with E-state index in [0.29, 0.717) is 5.11 Å². The molecule has 206 valence electrons. The second-order valence-electron chi connectivity index (χ2n) is 10.3. The van der Waals surface area contributed by atoms with Gasteiger partial charge in [0.2, 0.25) is 0 Å². The maximum absolute atomic E-state index is 6.10. The minimum absolute atomic E-state index is 0.119. The van der Waals surface area contributed by atoms with Crippen molar-refractivity contribution in [3.8, 4) is 22.9 Å². The molecule has 1 fully saturated rings. The van der Waals surface area contributed by atoms with Crippen LogP contribution >= 0.6 is 12.2 Å². The van der Waals surface area contributed by atoms with E-state index in [1.165, 1.54) is 11.1 Å². The normalized spacial score (nSPS) is 16.5. The number of pyridine rings is 1. The standard InChI is InChI=1S/C34H32N4O2S/c1-22-11-15-27(16-12-22)40-28-17-13-25(14-18-28)38-33(32(36-34(38)41)31-10-5-6-19-35-31)30-20-23(2)37(24(30)3)26-8-7-9-29(21-26)39-4/h5-21,32-33H,1-4H3,(H,36,41)/t32-,33+/m0/s1. The molecule has 5 aromatic rings. The number of ether oxygens (including phenoxy) is 2. The lowest BCUT2D eigenvalue weighted by atomic mass is 9.96. The van der Waals surface area contributed by atoms with Crippen LogP contribution in [0, 0.1) is 20.8 Å². The average molecular weight is 561 g/mol. The molecule has 1 aliphatic heterocycles. The lowest BCUT2D eigenvalue weighted by molar-refractivity contribution is 0.414. The highest BCUT2D eigenvalue weighted by Gasteiger charge is 2.42. The third-order valence-electron chi connectivity index (χ3n) is 7.57. The molecule has 2 atom stereocenters. The summed E-state index contributed by atoms with van der Waals surface area (Å²) >= 11 is 5.97. The van der Waals surface area contributed by atoms with Gasteiger partial charge in [0.25, 0.3) is 0 Å². The zero-order chi connectivity index (χ0) is 28.5. The quantitative estimate of drug-likeness (QED) is 0.205. The van der Waals surface area contributed by atoms with Gasteiger partial charge in [-0.1, -0.05) is 29.8 Å². The molecule has 3 heterocycles. The van der Waals surface area contributed by atoms with Gasteiger partial charge in [0.05, 0.1) is 24.9 Å². The Kier molecular flexibility index (Phi) is 7.20. The van der Waals surface area contributed by atoms with Crippen molar-refractivity contribution >= 4 is 23.0 Å². The molecule has 1 aliphatic rings. The van der Waals surface area contributed by atoms with Crippen molar-refractivity contribution in [2.24, 2.45) is 0 Å². The van der Waals surface area contributed by atoms with E-state index in [9.17, 15) is 0 Å². The first-order chi connectivity index (χ1) is 19.9. The smallest absolute Gasteiger partial charge is 0.174 e. The number of nitrogens with one attached hydrogen (secondary N) is 1. The van der Waals surface area contributed by atoms with Crippen LogP contribution in [0.3, 0.4) is 0 Å². The van der Waals surface area contributed by atoms with Gasteiger partial charge < -0.3 is 24.3 Å². The van der Waals surface area contributed by atoms with Gasteiger partial charge in [-0.3, -0.25) is 4.98 Å². The van der Waals surface area contributed by atoms with Crippen molar-refractivity contribution in [3.05, 3.63) is 131 Å². The molecule has 0 saturated carbocycles. The molecule has 41 heavy (non-hydrogen) atoms. The number of aromatic nitrogens is 2. The molecule has 0 radical (unpaired) electrons. The molecule has 6 rings (SSSR count). The van der Waals surface area contributed by atoms with E-state index in [2.05, 4.69) is 72.0 Å². The zero-order valence-corrected chi connectivity index (χ0v) is 24.4. The molecule has 6 nitrogen and oxygen atoms in total. The summed E-state index contributed by atoms with van der Waals surface area (Å²) in [5.74, 6) is 2.39. The number of benzene rings is 3. The molecule has 0 spiro atoms. The van der Waals surface area contributed by atoms with Gasteiger partial charge in [0.15, 0.2) is 5.11 Å². The first kappa shape index (κ1) is 26.6. The summed E-state index contributed by atoms with van der Waals surface area (Å²) in [5, 5.41) is 4.23. The first-order valence-electron chi connectivity index (χ1n) is 13.6. The number of methoxy groups -OCH3 is 1. The third kappa shape index (κ3) is 5.16. The van der Waals surface area contributed by atoms with E-state index >= 15 is 0 Å². The summed E-state index contributed by atoms with van der Waals surface area (Å²) in [5.41, 5.74) is 7.61. The van der Waals surface area contributed by atoms with E-state index in [-0.39, 0.29) is 12.1 Å². The maximum Gasteiger partial charge on any atom is 0.174 e. The highest BCUT2D eigenvalue weighted by molar-refractivity contribution is 7.80. The van der Waals surface area contributed by atoms with Gasteiger partial charge >= 0.3 is 0 Å². The lowest BCUT2D eigenvalue weighted by Gasteiger charge is -2.28. The Hall–Kier alpha value is -4.62. The fourth-order valence-corrected chi connectivity index (χ4v) is 5.95. The van der Waals surface area contributed by atoms with Gasteiger partial charge in [-0.25, -0.2) is 0 Å². The van der Waals surface area contributed by atoms with Crippen LogP contribution in [0.25, 0.3) is 5.69 Å². The second kappa shape index (κ2) is 11.1. The van der Waals surface area contributed by atoms with Crippen LogP contribution in [0.5, 0.6) is 17.2 Å². The Morgan fingerprint density at radius 3 is 2.20 bits per heavy atom. The topological polar surface area (TPSA) is 51.5 Å². The number of hydrogen-bond donors (Lipinski definition) is 1. The SMILES string of the molecule is COc1cccc(-n2c(C)cc([C@@H]3[C@H](c4ccccn4)NC(=S)N3c3ccc(Oc4ccc(C)cc4)cc3)c2C)c1. The van der Waals surface area contributed by atoms with Gasteiger partial charge in [-0.15, -0.1) is 0 Å². The van der Waals surface area contributed by atoms with Crippen molar-refractivity contribution in [2.45, 2.75) is 32.9 Å². The number of thiocarbonyl (C=S) groups is 1. The van der Waals surface area contributed by atoms with Crippen molar-refractivity contribution in [2.75, 3.05) is 12.0 Å². The molecular formula is C34H32N4O2S. The van der Waals surface area contributed by atoms with Crippen LogP contribution in [0.15, 0.2) is 103 Å². The molecular weight excluding hydrogens is 528 g/mol. The van der Waals surface area contributed by atoms with Crippen LogP contribution in [0.1, 0.15) is 40.3 Å². The molecule has 1 saturated heterocycles. The Balaban J connectivity index is 1.40. The van der Waals surface area contributed by atoms with Crippen molar-refractivity contribution in [3.63, 3.8) is 0 Å². The van der Waals surface area contributed by atoms with E-state index in [1.54, 1.807) is 7.11 Å². The summed E-state index contributed by atoms with van der Waals surface area (Å²) in [6, 6.07) is 32.3. The molecule has 3 aromatic carbocycles. The van der Waals surface area contributed by atoms with Crippen LogP contribution in [-0.4, -0.2) is 21.8 Å². The highest BCUT2D eigenvalue weighted by Crippen LogP contribution is 2.44. The number of nitrogens with zero attached hydrogens (tertiary/aromatic N) is 3. The number of hydrogen-bond acceptors (Lipinski definition) is 4. The Labute approximate surface area is 246 Å². The number of anilines is 1. The summed E-state index contributed by atoms with van der Waals surface area (Å²) in [6.07, 6.45) is 1.83. The number of rotatable bonds is 7. The van der Waals surface area contributed by atoms with Crippen LogP contribution in [-0.2, 0) is 0 Å². The summed E-state index contributed by atoms with van der Waals surface area (Å²) in [4.78, 5) is 6.91. The Morgan fingerprint density at radius 1 is 0.780 bits per heavy atom. The Morgan fingerprint density at radius 2 is 1.51 bits per heavy atom. The Bertz CT molecular complexity index is 1680.